The van der Waals surface area contributed by atoms with Crippen LogP contribution in [0.15, 0.2) is 48.5 Å². The SMILES string of the molecule is Cc1cc(C)c(NC(=O)C(C)N2CCN(C/C=C/c3ccccc3)CC2)c(Cl)c1. The minimum absolute atomic E-state index is 0.00345. The Morgan fingerprint density at radius 3 is 2.48 bits per heavy atom. The number of hydrogen-bond donors (Lipinski definition) is 1. The van der Waals surface area contributed by atoms with Crippen molar-refractivity contribution in [2.75, 3.05) is 38.0 Å². The average Bonchev–Trinajstić information content (AvgIpc) is 2.71. The maximum Gasteiger partial charge on any atom is 0.241 e. The molecule has 1 heterocycles. The normalized spacial score (nSPS) is 16.8. The molecule has 2 aromatic carbocycles. The van der Waals surface area contributed by atoms with E-state index in [1.54, 1.807) is 0 Å². The predicted molar refractivity (Wildman–Crippen MR) is 123 cm³/mol. The van der Waals surface area contributed by atoms with Crippen LogP contribution in [0.25, 0.3) is 6.08 Å². The third-order valence-corrected chi connectivity index (χ3v) is 5.79. The van der Waals surface area contributed by atoms with E-state index in [9.17, 15) is 4.79 Å². The third kappa shape index (κ3) is 5.92. The molecule has 5 heteroatoms. The molecular weight excluding hydrogens is 382 g/mol. The Labute approximate surface area is 179 Å². The molecule has 0 aromatic heterocycles. The van der Waals surface area contributed by atoms with Crippen molar-refractivity contribution in [3.63, 3.8) is 0 Å². The highest BCUT2D eigenvalue weighted by Gasteiger charge is 2.26. The highest BCUT2D eigenvalue weighted by atomic mass is 35.5. The van der Waals surface area contributed by atoms with Gasteiger partial charge in [0.15, 0.2) is 0 Å². The first-order valence-electron chi connectivity index (χ1n) is 10.2. The van der Waals surface area contributed by atoms with Crippen molar-refractivity contribution < 1.29 is 4.79 Å². The molecule has 1 fully saturated rings. The first-order valence-corrected chi connectivity index (χ1v) is 10.6. The molecule has 1 aliphatic rings. The van der Waals surface area contributed by atoms with Crippen LogP contribution in [0.4, 0.5) is 5.69 Å². The van der Waals surface area contributed by atoms with Gasteiger partial charge in [-0.2, -0.15) is 0 Å². The van der Waals surface area contributed by atoms with Gasteiger partial charge in [0.2, 0.25) is 5.91 Å². The third-order valence-electron chi connectivity index (χ3n) is 5.49. The zero-order valence-corrected chi connectivity index (χ0v) is 18.2. The monoisotopic (exact) mass is 411 g/mol. The van der Waals surface area contributed by atoms with Crippen LogP contribution in [0.2, 0.25) is 5.02 Å². The van der Waals surface area contributed by atoms with Crippen LogP contribution in [0.1, 0.15) is 23.6 Å². The molecule has 0 bridgehead atoms. The Kier molecular flexibility index (Phi) is 7.48. The number of nitrogens with one attached hydrogen (secondary N) is 1. The second-order valence-electron chi connectivity index (χ2n) is 7.75. The number of nitrogens with zero attached hydrogens (tertiary/aromatic N) is 2. The number of carbonyl (C=O) groups excluding carboxylic acids is 1. The lowest BCUT2D eigenvalue weighted by Gasteiger charge is -2.37. The molecule has 154 valence electrons. The summed E-state index contributed by atoms with van der Waals surface area (Å²) in [6, 6.07) is 14.1. The molecule has 1 aliphatic heterocycles. The van der Waals surface area contributed by atoms with Crippen LogP contribution in [-0.2, 0) is 4.79 Å². The molecule has 1 N–H and O–H groups in total. The Bertz CT molecular complexity index is 835. The van der Waals surface area contributed by atoms with Crippen LogP contribution < -0.4 is 5.32 Å². The average molecular weight is 412 g/mol. The van der Waals surface area contributed by atoms with E-state index >= 15 is 0 Å². The molecule has 3 rings (SSSR count). The Morgan fingerprint density at radius 2 is 1.83 bits per heavy atom. The zero-order chi connectivity index (χ0) is 20.8. The highest BCUT2D eigenvalue weighted by molar-refractivity contribution is 6.34. The first kappa shape index (κ1) is 21.6. The number of piperazine rings is 1. The van der Waals surface area contributed by atoms with Gasteiger partial charge in [0.05, 0.1) is 16.8 Å². The number of anilines is 1. The highest BCUT2D eigenvalue weighted by Crippen LogP contribution is 2.27. The molecule has 0 saturated carbocycles. The van der Waals surface area contributed by atoms with E-state index in [-0.39, 0.29) is 11.9 Å². The Balaban J connectivity index is 1.49. The summed E-state index contributed by atoms with van der Waals surface area (Å²) in [5, 5.41) is 3.62. The number of halogens is 1. The maximum atomic E-state index is 12.8. The van der Waals surface area contributed by atoms with Gasteiger partial charge in [0, 0.05) is 32.7 Å². The number of rotatable bonds is 6. The first-order chi connectivity index (χ1) is 13.9. The molecule has 1 atom stereocenters. The number of benzene rings is 2. The van der Waals surface area contributed by atoms with Crippen LogP contribution >= 0.6 is 11.6 Å². The molecule has 1 saturated heterocycles. The second kappa shape index (κ2) is 10.1. The summed E-state index contributed by atoms with van der Waals surface area (Å²) in [7, 11) is 0. The van der Waals surface area contributed by atoms with E-state index in [1.807, 2.05) is 39.0 Å². The topological polar surface area (TPSA) is 35.6 Å². The summed E-state index contributed by atoms with van der Waals surface area (Å²) in [6.07, 6.45) is 4.37. The maximum absolute atomic E-state index is 12.8. The largest absolute Gasteiger partial charge is 0.323 e. The van der Waals surface area contributed by atoms with Crippen molar-refractivity contribution in [2.24, 2.45) is 0 Å². The molecule has 29 heavy (non-hydrogen) atoms. The molecule has 0 aliphatic carbocycles. The van der Waals surface area contributed by atoms with Crippen molar-refractivity contribution in [3.05, 3.63) is 70.3 Å². The van der Waals surface area contributed by atoms with Gasteiger partial charge in [0.25, 0.3) is 0 Å². The molecule has 2 aromatic rings. The summed E-state index contributed by atoms with van der Waals surface area (Å²) < 4.78 is 0. The van der Waals surface area contributed by atoms with Crippen LogP contribution in [0.5, 0.6) is 0 Å². The van der Waals surface area contributed by atoms with Crippen molar-refractivity contribution >= 4 is 29.3 Å². The fourth-order valence-electron chi connectivity index (χ4n) is 3.70. The van der Waals surface area contributed by atoms with Gasteiger partial charge in [-0.15, -0.1) is 0 Å². The lowest BCUT2D eigenvalue weighted by molar-refractivity contribution is -0.121. The quantitative estimate of drug-likeness (QED) is 0.753. The Morgan fingerprint density at radius 1 is 1.14 bits per heavy atom. The van der Waals surface area contributed by atoms with E-state index in [1.165, 1.54) is 5.56 Å². The fraction of sp³-hybridized carbons (Fsp3) is 0.375. The molecule has 1 amide bonds. The molecule has 1 unspecified atom stereocenters. The van der Waals surface area contributed by atoms with Crippen LogP contribution in [0, 0.1) is 13.8 Å². The Hall–Kier alpha value is -2.14. The number of amides is 1. The van der Waals surface area contributed by atoms with Crippen LogP contribution in [0.3, 0.4) is 0 Å². The van der Waals surface area contributed by atoms with Crippen LogP contribution in [-0.4, -0.2) is 54.5 Å². The van der Waals surface area contributed by atoms with Gasteiger partial charge in [-0.25, -0.2) is 0 Å². The van der Waals surface area contributed by atoms with Gasteiger partial charge in [-0.3, -0.25) is 14.6 Å². The number of hydrogen-bond acceptors (Lipinski definition) is 3. The lowest BCUT2D eigenvalue weighted by atomic mass is 10.1. The lowest BCUT2D eigenvalue weighted by Crippen LogP contribution is -2.52. The standard InChI is InChI=1S/C24H30ClN3O/c1-18-16-19(2)23(22(25)17-18)26-24(29)20(3)28-14-12-27(13-15-28)11-7-10-21-8-5-4-6-9-21/h4-10,16-17,20H,11-15H2,1-3H3,(H,26,29)/b10-7+. The van der Waals surface area contributed by atoms with Gasteiger partial charge in [-0.05, 0) is 43.5 Å². The van der Waals surface area contributed by atoms with E-state index in [0.717, 1.165) is 49.5 Å². The molecule has 4 nitrogen and oxygen atoms in total. The second-order valence-corrected chi connectivity index (χ2v) is 8.16. The molecular formula is C24H30ClN3O. The van der Waals surface area contributed by atoms with E-state index < -0.39 is 0 Å². The fourth-order valence-corrected chi connectivity index (χ4v) is 4.07. The summed E-state index contributed by atoms with van der Waals surface area (Å²) in [5.41, 5.74) is 4.03. The zero-order valence-electron chi connectivity index (χ0n) is 17.5. The molecule has 0 radical (unpaired) electrons. The van der Waals surface area contributed by atoms with E-state index in [2.05, 4.69) is 51.5 Å². The van der Waals surface area contributed by atoms with Gasteiger partial charge in [-0.1, -0.05) is 60.2 Å². The van der Waals surface area contributed by atoms with Gasteiger partial charge in [0.1, 0.15) is 0 Å². The predicted octanol–water partition coefficient (Wildman–Crippen LogP) is 4.61. The number of carbonyl (C=O) groups is 1. The smallest absolute Gasteiger partial charge is 0.241 e. The van der Waals surface area contributed by atoms with E-state index in [0.29, 0.717) is 5.02 Å². The number of aryl methyl sites for hydroxylation is 2. The van der Waals surface area contributed by atoms with Gasteiger partial charge >= 0.3 is 0 Å². The van der Waals surface area contributed by atoms with Gasteiger partial charge < -0.3 is 5.32 Å². The minimum atomic E-state index is -0.186. The van der Waals surface area contributed by atoms with Crippen molar-refractivity contribution in [2.45, 2.75) is 26.8 Å². The van der Waals surface area contributed by atoms with E-state index in [4.69, 9.17) is 11.6 Å². The van der Waals surface area contributed by atoms with Crippen molar-refractivity contribution in [1.82, 2.24) is 9.80 Å². The minimum Gasteiger partial charge on any atom is -0.323 e. The summed E-state index contributed by atoms with van der Waals surface area (Å²) in [6.45, 7) is 10.6. The van der Waals surface area contributed by atoms with Crippen molar-refractivity contribution in [1.29, 1.82) is 0 Å². The summed E-state index contributed by atoms with van der Waals surface area (Å²) >= 11 is 6.34. The summed E-state index contributed by atoms with van der Waals surface area (Å²) in [4.78, 5) is 17.4. The summed E-state index contributed by atoms with van der Waals surface area (Å²) in [5.74, 6) is -0.00345. The van der Waals surface area contributed by atoms with Crippen molar-refractivity contribution in [3.8, 4) is 0 Å². The molecule has 0 spiro atoms.